The third-order valence-corrected chi connectivity index (χ3v) is 2.46. The summed E-state index contributed by atoms with van der Waals surface area (Å²) in [5, 5.41) is 13.9. The lowest BCUT2D eigenvalue weighted by Crippen LogP contribution is -2.04. The number of oxime groups is 1. The zero-order valence-corrected chi connectivity index (χ0v) is 8.77. The van der Waals surface area contributed by atoms with Gasteiger partial charge in [0.05, 0.1) is 10.6 Å². The summed E-state index contributed by atoms with van der Waals surface area (Å²) >= 11 is 1.57. The van der Waals surface area contributed by atoms with Crippen molar-refractivity contribution in [2.45, 2.75) is 12.8 Å². The minimum absolute atomic E-state index is 0. The second-order valence-electron chi connectivity index (χ2n) is 2.42. The van der Waals surface area contributed by atoms with Gasteiger partial charge in [-0.1, -0.05) is 11.2 Å². The van der Waals surface area contributed by atoms with Crippen molar-refractivity contribution < 1.29 is 5.21 Å². The molecule has 0 aromatic carbocycles. The highest BCUT2D eigenvalue weighted by Crippen LogP contribution is 2.12. The lowest BCUT2D eigenvalue weighted by Gasteiger charge is -1.98. The van der Waals surface area contributed by atoms with E-state index >= 15 is 0 Å². The highest BCUT2D eigenvalue weighted by molar-refractivity contribution is 7.12. The minimum atomic E-state index is 0. The summed E-state index contributed by atoms with van der Waals surface area (Å²) in [6.45, 7) is 0.629. The number of nitrogens with two attached hydrogens (primary N) is 1. The van der Waals surface area contributed by atoms with Gasteiger partial charge in [0.2, 0.25) is 0 Å². The quantitative estimate of drug-likeness (QED) is 0.464. The second-order valence-corrected chi connectivity index (χ2v) is 3.36. The number of nitrogens with zero attached hydrogens (tertiary/aromatic N) is 1. The molecule has 0 spiro atoms. The third kappa shape index (κ3) is 3.76. The van der Waals surface area contributed by atoms with E-state index in [-0.39, 0.29) is 12.4 Å². The van der Waals surface area contributed by atoms with Gasteiger partial charge in [-0.3, -0.25) is 0 Å². The van der Waals surface area contributed by atoms with Crippen molar-refractivity contribution >= 4 is 29.5 Å². The molecular formula is C8H13ClN2OS. The van der Waals surface area contributed by atoms with Crippen LogP contribution in [0.5, 0.6) is 0 Å². The number of rotatable bonds is 4. The van der Waals surface area contributed by atoms with Gasteiger partial charge in [-0.05, 0) is 30.8 Å². The van der Waals surface area contributed by atoms with Crippen LogP contribution in [0.2, 0.25) is 0 Å². The molecule has 0 saturated carbocycles. The van der Waals surface area contributed by atoms with E-state index in [4.69, 9.17) is 10.9 Å². The van der Waals surface area contributed by atoms with Crippen LogP contribution < -0.4 is 5.73 Å². The summed E-state index contributed by atoms with van der Waals surface area (Å²) in [7, 11) is 0. The Labute approximate surface area is 87.7 Å². The Bertz CT molecular complexity index is 249. The van der Waals surface area contributed by atoms with E-state index in [2.05, 4.69) is 5.16 Å². The van der Waals surface area contributed by atoms with Crippen molar-refractivity contribution in [3.63, 3.8) is 0 Å². The fraction of sp³-hybridized carbons (Fsp3) is 0.375. The fourth-order valence-corrected chi connectivity index (χ4v) is 1.67. The van der Waals surface area contributed by atoms with Crippen LogP contribution >= 0.6 is 23.7 Å². The van der Waals surface area contributed by atoms with E-state index in [0.29, 0.717) is 6.54 Å². The molecule has 5 heteroatoms. The first kappa shape index (κ1) is 12.4. The highest BCUT2D eigenvalue weighted by atomic mass is 35.5. The minimum Gasteiger partial charge on any atom is -0.411 e. The molecule has 1 heterocycles. The Balaban J connectivity index is 0.00000144. The molecule has 0 aliphatic carbocycles. The summed E-state index contributed by atoms with van der Waals surface area (Å²) in [5.41, 5.74) is 6.08. The third-order valence-electron chi connectivity index (χ3n) is 1.54. The number of hydrogen-bond acceptors (Lipinski definition) is 4. The van der Waals surface area contributed by atoms with Gasteiger partial charge in [0.1, 0.15) is 0 Å². The number of halogens is 1. The van der Waals surface area contributed by atoms with E-state index in [1.807, 2.05) is 17.5 Å². The Hall–Kier alpha value is -0.580. The Kier molecular flexibility index (Phi) is 6.58. The Morgan fingerprint density at radius 2 is 2.38 bits per heavy atom. The lowest BCUT2D eigenvalue weighted by molar-refractivity contribution is 0.318. The molecule has 0 aliphatic heterocycles. The monoisotopic (exact) mass is 220 g/mol. The molecule has 74 valence electrons. The lowest BCUT2D eigenvalue weighted by atomic mass is 10.2. The molecule has 3 nitrogen and oxygen atoms in total. The van der Waals surface area contributed by atoms with Gasteiger partial charge in [0.15, 0.2) is 0 Å². The second kappa shape index (κ2) is 6.88. The van der Waals surface area contributed by atoms with Crippen molar-refractivity contribution in [2.24, 2.45) is 10.9 Å². The van der Waals surface area contributed by atoms with E-state index in [9.17, 15) is 0 Å². The predicted molar refractivity (Wildman–Crippen MR) is 58.2 cm³/mol. The van der Waals surface area contributed by atoms with Crippen molar-refractivity contribution in [1.82, 2.24) is 0 Å². The zero-order chi connectivity index (χ0) is 8.81. The molecule has 0 amide bonds. The van der Waals surface area contributed by atoms with Gasteiger partial charge in [-0.25, -0.2) is 0 Å². The van der Waals surface area contributed by atoms with Gasteiger partial charge in [-0.15, -0.1) is 23.7 Å². The molecule has 0 atom stereocenters. The van der Waals surface area contributed by atoms with Crippen molar-refractivity contribution in [3.8, 4) is 0 Å². The average Bonchev–Trinajstić information content (AvgIpc) is 2.59. The van der Waals surface area contributed by atoms with Crippen LogP contribution in [0.25, 0.3) is 0 Å². The normalized spacial score (nSPS) is 11.0. The predicted octanol–water partition coefficient (Wildman–Crippen LogP) is 2.09. The van der Waals surface area contributed by atoms with Crippen LogP contribution in [0.1, 0.15) is 17.7 Å². The van der Waals surface area contributed by atoms with E-state index in [1.54, 1.807) is 11.3 Å². The number of hydrogen-bond donors (Lipinski definition) is 2. The van der Waals surface area contributed by atoms with Crippen LogP contribution in [-0.4, -0.2) is 17.5 Å². The molecule has 1 rings (SSSR count). The fourth-order valence-electron chi connectivity index (χ4n) is 0.935. The van der Waals surface area contributed by atoms with Gasteiger partial charge in [0.25, 0.3) is 0 Å². The summed E-state index contributed by atoms with van der Waals surface area (Å²) in [6.07, 6.45) is 1.60. The first-order valence-electron chi connectivity index (χ1n) is 3.83. The Morgan fingerprint density at radius 3 is 2.85 bits per heavy atom. The molecule has 1 aromatic heterocycles. The van der Waals surface area contributed by atoms with Gasteiger partial charge in [-0.2, -0.15) is 0 Å². The molecule has 0 radical (unpaired) electrons. The van der Waals surface area contributed by atoms with E-state index in [1.165, 1.54) is 0 Å². The molecule has 3 N–H and O–H groups in total. The van der Waals surface area contributed by atoms with Crippen LogP contribution in [0.15, 0.2) is 22.7 Å². The molecule has 0 aliphatic rings. The highest BCUT2D eigenvalue weighted by Gasteiger charge is 2.03. The van der Waals surface area contributed by atoms with Crippen LogP contribution in [0, 0.1) is 0 Å². The van der Waals surface area contributed by atoms with Crippen LogP contribution in [0.4, 0.5) is 0 Å². The molecular weight excluding hydrogens is 208 g/mol. The van der Waals surface area contributed by atoms with Gasteiger partial charge >= 0.3 is 0 Å². The topological polar surface area (TPSA) is 58.6 Å². The maximum Gasteiger partial charge on any atom is 0.0967 e. The van der Waals surface area contributed by atoms with Crippen molar-refractivity contribution in [2.75, 3.05) is 6.54 Å². The van der Waals surface area contributed by atoms with E-state index < -0.39 is 0 Å². The number of thiophene rings is 1. The van der Waals surface area contributed by atoms with Gasteiger partial charge < -0.3 is 10.9 Å². The molecule has 0 bridgehead atoms. The molecule has 0 fully saturated rings. The van der Waals surface area contributed by atoms with Gasteiger partial charge in [0, 0.05) is 0 Å². The molecule has 13 heavy (non-hydrogen) atoms. The molecule has 0 unspecified atom stereocenters. The SMILES string of the molecule is Cl.NCCCC(=NO)c1cccs1. The van der Waals surface area contributed by atoms with Crippen molar-refractivity contribution in [3.05, 3.63) is 22.4 Å². The summed E-state index contributed by atoms with van der Waals surface area (Å²) in [4.78, 5) is 1.02. The first-order valence-corrected chi connectivity index (χ1v) is 4.71. The molecule has 1 aromatic rings. The molecule has 0 saturated heterocycles. The summed E-state index contributed by atoms with van der Waals surface area (Å²) in [5.74, 6) is 0. The summed E-state index contributed by atoms with van der Waals surface area (Å²) in [6, 6.07) is 3.88. The Morgan fingerprint density at radius 1 is 1.62 bits per heavy atom. The van der Waals surface area contributed by atoms with E-state index in [0.717, 1.165) is 23.4 Å². The van der Waals surface area contributed by atoms with Crippen LogP contribution in [0.3, 0.4) is 0 Å². The smallest absolute Gasteiger partial charge is 0.0967 e. The van der Waals surface area contributed by atoms with Crippen molar-refractivity contribution in [1.29, 1.82) is 0 Å². The zero-order valence-electron chi connectivity index (χ0n) is 7.14. The standard InChI is InChI=1S/C8H12N2OS.ClH/c9-5-1-3-7(10-11)8-4-2-6-12-8;/h2,4,6,11H,1,3,5,9H2;1H. The maximum atomic E-state index is 8.68. The van der Waals surface area contributed by atoms with Crippen LogP contribution in [-0.2, 0) is 0 Å². The average molecular weight is 221 g/mol. The summed E-state index contributed by atoms with van der Waals surface area (Å²) < 4.78 is 0. The largest absolute Gasteiger partial charge is 0.411 e. The first-order chi connectivity index (χ1) is 5.88. The maximum absolute atomic E-state index is 8.68.